The molecule has 2 heterocycles. The number of amides is 1. The number of hydrogen-bond acceptors (Lipinski definition) is 7. The van der Waals surface area contributed by atoms with E-state index in [0.717, 1.165) is 4.68 Å². The van der Waals surface area contributed by atoms with Gasteiger partial charge in [-0.25, -0.2) is 4.68 Å². The summed E-state index contributed by atoms with van der Waals surface area (Å²) in [7, 11) is 0. The van der Waals surface area contributed by atoms with Gasteiger partial charge in [-0.1, -0.05) is 5.21 Å². The SMILES string of the molecule is NC(=O)c1cn([C@H]2O[C@H](CO)[C@@H](O)[C@H]2O)nn1. The summed E-state index contributed by atoms with van der Waals surface area (Å²) in [5.41, 5.74) is 4.91. The quantitative estimate of drug-likeness (QED) is 0.443. The van der Waals surface area contributed by atoms with Gasteiger partial charge in [0.25, 0.3) is 5.91 Å². The lowest BCUT2D eigenvalue weighted by Gasteiger charge is -2.13. The molecule has 0 spiro atoms. The van der Waals surface area contributed by atoms with Crippen LogP contribution in [0.1, 0.15) is 16.7 Å². The number of primary amides is 1. The molecule has 1 aromatic rings. The van der Waals surface area contributed by atoms with Crippen molar-refractivity contribution in [3.8, 4) is 0 Å². The van der Waals surface area contributed by atoms with Crippen LogP contribution in [0.4, 0.5) is 0 Å². The van der Waals surface area contributed by atoms with Gasteiger partial charge in [0, 0.05) is 0 Å². The lowest BCUT2D eigenvalue weighted by Crippen LogP contribution is -2.33. The Labute approximate surface area is 95.4 Å². The molecule has 1 amide bonds. The van der Waals surface area contributed by atoms with Gasteiger partial charge in [-0.15, -0.1) is 5.10 Å². The van der Waals surface area contributed by atoms with E-state index in [1.807, 2.05) is 0 Å². The Morgan fingerprint density at radius 2 is 2.24 bits per heavy atom. The summed E-state index contributed by atoms with van der Waals surface area (Å²) in [6.07, 6.45) is -3.22. The van der Waals surface area contributed by atoms with Gasteiger partial charge in [-0.2, -0.15) is 0 Å². The minimum absolute atomic E-state index is 0.0808. The Morgan fingerprint density at radius 1 is 1.53 bits per heavy atom. The third kappa shape index (κ3) is 2.00. The van der Waals surface area contributed by atoms with Crippen molar-refractivity contribution in [2.75, 3.05) is 6.61 Å². The predicted molar refractivity (Wildman–Crippen MR) is 51.5 cm³/mol. The molecule has 17 heavy (non-hydrogen) atoms. The van der Waals surface area contributed by atoms with Gasteiger partial charge in [0.15, 0.2) is 11.9 Å². The molecule has 0 saturated carbocycles. The van der Waals surface area contributed by atoms with Crippen LogP contribution in [-0.2, 0) is 4.74 Å². The maximum Gasteiger partial charge on any atom is 0.270 e. The average Bonchev–Trinajstić information content (AvgIpc) is 2.87. The van der Waals surface area contributed by atoms with E-state index in [0.29, 0.717) is 0 Å². The van der Waals surface area contributed by atoms with Crippen LogP contribution in [0.25, 0.3) is 0 Å². The molecule has 1 aliphatic heterocycles. The molecule has 9 heteroatoms. The normalized spacial score (nSPS) is 32.9. The number of aliphatic hydroxyl groups is 3. The third-order valence-corrected chi connectivity index (χ3v) is 2.54. The Balaban J connectivity index is 2.19. The topological polar surface area (TPSA) is 144 Å². The zero-order chi connectivity index (χ0) is 12.6. The van der Waals surface area contributed by atoms with E-state index in [1.54, 1.807) is 0 Å². The zero-order valence-corrected chi connectivity index (χ0v) is 8.67. The summed E-state index contributed by atoms with van der Waals surface area (Å²) in [5, 5.41) is 35.1. The molecule has 0 bridgehead atoms. The predicted octanol–water partition coefficient (Wildman–Crippen LogP) is -3.01. The molecule has 1 fully saturated rings. The Hall–Kier alpha value is -1.55. The number of aliphatic hydroxyl groups excluding tert-OH is 3. The Kier molecular flexibility index (Phi) is 3.07. The maximum absolute atomic E-state index is 10.8. The first-order valence-corrected chi connectivity index (χ1v) is 4.88. The van der Waals surface area contributed by atoms with Crippen LogP contribution in [0, 0.1) is 0 Å². The molecule has 1 saturated heterocycles. The fourth-order valence-corrected chi connectivity index (χ4v) is 1.61. The molecule has 2 rings (SSSR count). The van der Waals surface area contributed by atoms with Gasteiger partial charge in [0.05, 0.1) is 12.8 Å². The highest BCUT2D eigenvalue weighted by atomic mass is 16.6. The number of carbonyl (C=O) groups excluding carboxylic acids is 1. The van der Waals surface area contributed by atoms with Gasteiger partial charge in [0.2, 0.25) is 0 Å². The number of rotatable bonds is 3. The van der Waals surface area contributed by atoms with Gasteiger partial charge < -0.3 is 25.8 Å². The largest absolute Gasteiger partial charge is 0.394 e. The smallest absolute Gasteiger partial charge is 0.270 e. The monoisotopic (exact) mass is 244 g/mol. The molecule has 1 aromatic heterocycles. The second-order valence-electron chi connectivity index (χ2n) is 3.68. The molecule has 9 nitrogen and oxygen atoms in total. The Bertz CT molecular complexity index is 422. The van der Waals surface area contributed by atoms with E-state index in [2.05, 4.69) is 10.3 Å². The molecule has 0 unspecified atom stereocenters. The average molecular weight is 244 g/mol. The van der Waals surface area contributed by atoms with Crippen LogP contribution < -0.4 is 5.73 Å². The van der Waals surface area contributed by atoms with Gasteiger partial charge in [-0.3, -0.25) is 4.79 Å². The van der Waals surface area contributed by atoms with Gasteiger partial charge in [-0.05, 0) is 0 Å². The summed E-state index contributed by atoms with van der Waals surface area (Å²) in [4.78, 5) is 10.8. The van der Waals surface area contributed by atoms with E-state index in [4.69, 9.17) is 15.6 Å². The van der Waals surface area contributed by atoms with Gasteiger partial charge >= 0.3 is 0 Å². The highest BCUT2D eigenvalue weighted by Gasteiger charge is 2.44. The van der Waals surface area contributed by atoms with Crippen molar-refractivity contribution in [1.82, 2.24) is 15.0 Å². The van der Waals surface area contributed by atoms with Crippen molar-refractivity contribution in [2.45, 2.75) is 24.5 Å². The standard InChI is InChI=1S/C8H12N4O5/c9-7(16)3-1-12(11-10-3)8-6(15)5(14)4(2-13)17-8/h1,4-6,8,13-15H,2H2,(H2,9,16)/t4-,5-,6-,8+/m1/s1. The molecule has 4 atom stereocenters. The minimum atomic E-state index is -1.27. The molecule has 0 radical (unpaired) electrons. The zero-order valence-electron chi connectivity index (χ0n) is 8.67. The maximum atomic E-state index is 10.8. The van der Waals surface area contributed by atoms with Crippen molar-refractivity contribution in [3.05, 3.63) is 11.9 Å². The second kappa shape index (κ2) is 4.37. The molecule has 1 aliphatic rings. The first kappa shape index (κ1) is 11.9. The summed E-state index contributed by atoms with van der Waals surface area (Å²) in [6, 6.07) is 0. The van der Waals surface area contributed by atoms with E-state index in [-0.39, 0.29) is 5.69 Å². The molecule has 94 valence electrons. The van der Waals surface area contributed by atoms with Crippen molar-refractivity contribution in [1.29, 1.82) is 0 Å². The van der Waals surface area contributed by atoms with E-state index in [9.17, 15) is 15.0 Å². The van der Waals surface area contributed by atoms with Crippen molar-refractivity contribution in [3.63, 3.8) is 0 Å². The lowest BCUT2D eigenvalue weighted by atomic mass is 10.1. The van der Waals surface area contributed by atoms with Crippen LogP contribution in [-0.4, -0.2) is 61.1 Å². The van der Waals surface area contributed by atoms with Crippen molar-refractivity contribution in [2.24, 2.45) is 5.73 Å². The molecule has 0 aliphatic carbocycles. The van der Waals surface area contributed by atoms with Crippen LogP contribution in [0.15, 0.2) is 6.20 Å². The van der Waals surface area contributed by atoms with Crippen LogP contribution >= 0.6 is 0 Å². The van der Waals surface area contributed by atoms with E-state index in [1.165, 1.54) is 6.20 Å². The first-order valence-electron chi connectivity index (χ1n) is 4.88. The number of nitrogens with two attached hydrogens (primary N) is 1. The Morgan fingerprint density at radius 3 is 2.71 bits per heavy atom. The number of hydrogen-bond donors (Lipinski definition) is 4. The second-order valence-corrected chi connectivity index (χ2v) is 3.68. The fraction of sp³-hybridized carbons (Fsp3) is 0.625. The lowest BCUT2D eigenvalue weighted by molar-refractivity contribution is -0.0594. The van der Waals surface area contributed by atoms with Crippen molar-refractivity contribution < 1.29 is 24.9 Å². The van der Waals surface area contributed by atoms with Gasteiger partial charge in [0.1, 0.15) is 18.3 Å². The van der Waals surface area contributed by atoms with Crippen LogP contribution in [0.5, 0.6) is 0 Å². The fourth-order valence-electron chi connectivity index (χ4n) is 1.61. The summed E-state index contributed by atoms with van der Waals surface area (Å²) >= 11 is 0. The number of aromatic nitrogens is 3. The number of ether oxygens (including phenoxy) is 1. The summed E-state index contributed by atoms with van der Waals surface area (Å²) in [6.45, 7) is -0.438. The van der Waals surface area contributed by atoms with Crippen LogP contribution in [0.2, 0.25) is 0 Å². The highest BCUT2D eigenvalue weighted by Crippen LogP contribution is 2.28. The first-order chi connectivity index (χ1) is 8.04. The minimum Gasteiger partial charge on any atom is -0.394 e. The molecule has 5 N–H and O–H groups in total. The summed E-state index contributed by atoms with van der Waals surface area (Å²) in [5.74, 6) is -0.761. The number of carbonyl (C=O) groups is 1. The highest BCUT2D eigenvalue weighted by molar-refractivity contribution is 5.90. The van der Waals surface area contributed by atoms with Crippen molar-refractivity contribution >= 4 is 5.91 Å². The van der Waals surface area contributed by atoms with E-state index < -0.39 is 37.1 Å². The molecular weight excluding hydrogens is 232 g/mol. The van der Waals surface area contributed by atoms with E-state index >= 15 is 0 Å². The molecule has 0 aromatic carbocycles. The summed E-state index contributed by atoms with van der Waals surface area (Å²) < 4.78 is 6.25. The number of nitrogens with zero attached hydrogens (tertiary/aromatic N) is 3. The molecular formula is C8H12N4O5. The third-order valence-electron chi connectivity index (χ3n) is 2.54. The van der Waals surface area contributed by atoms with Crippen LogP contribution in [0.3, 0.4) is 0 Å².